The summed E-state index contributed by atoms with van der Waals surface area (Å²) in [5.74, 6) is 1.75. The number of imidazole rings is 1. The van der Waals surface area contributed by atoms with Crippen molar-refractivity contribution in [2.24, 2.45) is 5.73 Å². The highest BCUT2D eigenvalue weighted by Crippen LogP contribution is 2.28. The zero-order valence-corrected chi connectivity index (χ0v) is 11.9. The molecule has 4 heteroatoms. The molecule has 0 bridgehead atoms. The van der Waals surface area contributed by atoms with Crippen LogP contribution in [0.2, 0.25) is 0 Å². The van der Waals surface area contributed by atoms with E-state index in [1.165, 1.54) is 0 Å². The van der Waals surface area contributed by atoms with E-state index < -0.39 is 0 Å². The van der Waals surface area contributed by atoms with Crippen LogP contribution in [-0.2, 0) is 13.1 Å². The van der Waals surface area contributed by atoms with Crippen LogP contribution in [0.15, 0.2) is 34.9 Å². The molecule has 3 rings (SSSR count). The molecule has 0 radical (unpaired) electrons. The SMILES string of the molecule is CCCn1c(-c2occc2C)nc2cc(CN)ccc21. The molecule has 0 saturated carbocycles. The van der Waals surface area contributed by atoms with Crippen LogP contribution in [-0.4, -0.2) is 9.55 Å². The quantitative estimate of drug-likeness (QED) is 0.789. The summed E-state index contributed by atoms with van der Waals surface area (Å²) in [5, 5.41) is 0. The molecule has 2 heterocycles. The lowest BCUT2D eigenvalue weighted by molar-refractivity contribution is 0.567. The molecule has 0 aliphatic carbocycles. The van der Waals surface area contributed by atoms with E-state index in [0.717, 1.165) is 46.7 Å². The van der Waals surface area contributed by atoms with E-state index in [9.17, 15) is 0 Å². The largest absolute Gasteiger partial charge is 0.461 e. The molecule has 20 heavy (non-hydrogen) atoms. The van der Waals surface area contributed by atoms with Gasteiger partial charge in [0.1, 0.15) is 0 Å². The molecule has 4 nitrogen and oxygen atoms in total. The molecule has 1 aromatic carbocycles. The number of nitrogens with zero attached hydrogens (tertiary/aromatic N) is 2. The van der Waals surface area contributed by atoms with Crippen LogP contribution in [0.25, 0.3) is 22.6 Å². The topological polar surface area (TPSA) is 57.0 Å². The Balaban J connectivity index is 2.25. The number of furan rings is 1. The number of aromatic nitrogens is 2. The average molecular weight is 269 g/mol. The van der Waals surface area contributed by atoms with Crippen molar-refractivity contribution in [1.29, 1.82) is 0 Å². The van der Waals surface area contributed by atoms with Crippen LogP contribution >= 0.6 is 0 Å². The van der Waals surface area contributed by atoms with Crippen molar-refractivity contribution in [2.75, 3.05) is 0 Å². The van der Waals surface area contributed by atoms with Gasteiger partial charge in [-0.1, -0.05) is 13.0 Å². The third-order valence-electron chi connectivity index (χ3n) is 3.56. The first kappa shape index (κ1) is 12.9. The monoisotopic (exact) mass is 269 g/mol. The predicted molar refractivity (Wildman–Crippen MR) is 80.4 cm³/mol. The molecule has 3 aromatic rings. The Morgan fingerprint density at radius 2 is 2.15 bits per heavy atom. The third kappa shape index (κ3) is 2.02. The van der Waals surface area contributed by atoms with Crippen molar-refractivity contribution in [3.63, 3.8) is 0 Å². The second kappa shape index (κ2) is 5.13. The summed E-state index contributed by atoms with van der Waals surface area (Å²) in [6, 6.07) is 8.19. The Kier molecular flexibility index (Phi) is 3.32. The minimum absolute atomic E-state index is 0.533. The molecule has 0 unspecified atom stereocenters. The van der Waals surface area contributed by atoms with E-state index >= 15 is 0 Å². The first-order valence-corrected chi connectivity index (χ1v) is 6.98. The molecule has 0 fully saturated rings. The zero-order valence-electron chi connectivity index (χ0n) is 11.9. The number of hydrogen-bond acceptors (Lipinski definition) is 3. The van der Waals surface area contributed by atoms with E-state index in [0.29, 0.717) is 6.54 Å². The van der Waals surface area contributed by atoms with Gasteiger partial charge < -0.3 is 14.7 Å². The van der Waals surface area contributed by atoms with Crippen molar-refractivity contribution in [3.05, 3.63) is 41.7 Å². The first-order chi connectivity index (χ1) is 9.74. The fraction of sp³-hybridized carbons (Fsp3) is 0.312. The first-order valence-electron chi connectivity index (χ1n) is 6.98. The zero-order chi connectivity index (χ0) is 14.1. The van der Waals surface area contributed by atoms with Gasteiger partial charge in [-0.25, -0.2) is 4.98 Å². The van der Waals surface area contributed by atoms with Crippen molar-refractivity contribution < 1.29 is 4.42 Å². The van der Waals surface area contributed by atoms with Gasteiger partial charge in [-0.15, -0.1) is 0 Å². The molecule has 0 aliphatic heterocycles. The maximum Gasteiger partial charge on any atom is 0.177 e. The van der Waals surface area contributed by atoms with Gasteiger partial charge in [-0.3, -0.25) is 0 Å². The number of nitrogens with two attached hydrogens (primary N) is 1. The summed E-state index contributed by atoms with van der Waals surface area (Å²) >= 11 is 0. The number of hydrogen-bond donors (Lipinski definition) is 1. The van der Waals surface area contributed by atoms with E-state index in [-0.39, 0.29) is 0 Å². The Hall–Kier alpha value is -2.07. The number of rotatable bonds is 4. The lowest BCUT2D eigenvalue weighted by Crippen LogP contribution is -2.00. The standard InChI is InChI=1S/C16H19N3O/c1-3-7-19-14-5-4-12(10-17)9-13(14)18-16(19)15-11(2)6-8-20-15/h4-6,8-9H,3,7,10,17H2,1-2H3. The van der Waals surface area contributed by atoms with Gasteiger partial charge in [0.05, 0.1) is 17.3 Å². The van der Waals surface area contributed by atoms with Crippen molar-refractivity contribution in [3.8, 4) is 11.6 Å². The van der Waals surface area contributed by atoms with Gasteiger partial charge >= 0.3 is 0 Å². The van der Waals surface area contributed by atoms with Crippen molar-refractivity contribution in [2.45, 2.75) is 33.4 Å². The summed E-state index contributed by atoms with van der Waals surface area (Å²) in [6.45, 7) is 5.66. The van der Waals surface area contributed by atoms with Crippen LogP contribution in [0.5, 0.6) is 0 Å². The second-order valence-electron chi connectivity index (χ2n) is 5.05. The summed E-state index contributed by atoms with van der Waals surface area (Å²) in [7, 11) is 0. The average Bonchev–Trinajstić information content (AvgIpc) is 3.02. The van der Waals surface area contributed by atoms with Crippen LogP contribution in [0.1, 0.15) is 24.5 Å². The highest BCUT2D eigenvalue weighted by Gasteiger charge is 2.16. The molecule has 0 amide bonds. The molecule has 0 spiro atoms. The molecule has 2 aromatic heterocycles. The second-order valence-corrected chi connectivity index (χ2v) is 5.05. The van der Waals surface area contributed by atoms with E-state index in [1.807, 2.05) is 13.0 Å². The Morgan fingerprint density at radius 1 is 1.30 bits per heavy atom. The molecular weight excluding hydrogens is 250 g/mol. The molecule has 0 atom stereocenters. The van der Waals surface area contributed by atoms with Gasteiger partial charge in [0.2, 0.25) is 0 Å². The highest BCUT2D eigenvalue weighted by molar-refractivity contribution is 5.81. The summed E-state index contributed by atoms with van der Waals surface area (Å²) in [4.78, 5) is 4.76. The van der Waals surface area contributed by atoms with Gasteiger partial charge in [0.15, 0.2) is 11.6 Å². The molecule has 2 N–H and O–H groups in total. The van der Waals surface area contributed by atoms with Crippen molar-refractivity contribution in [1.82, 2.24) is 9.55 Å². The normalized spacial score (nSPS) is 11.3. The fourth-order valence-electron chi connectivity index (χ4n) is 2.53. The highest BCUT2D eigenvalue weighted by atomic mass is 16.3. The minimum Gasteiger partial charge on any atom is -0.461 e. The summed E-state index contributed by atoms with van der Waals surface area (Å²) in [6.07, 6.45) is 2.77. The molecule has 104 valence electrons. The Morgan fingerprint density at radius 3 is 2.80 bits per heavy atom. The number of fused-ring (bicyclic) bond motifs is 1. The predicted octanol–water partition coefficient (Wildman–Crippen LogP) is 3.47. The number of aryl methyl sites for hydroxylation is 2. The lowest BCUT2D eigenvalue weighted by atomic mass is 10.2. The van der Waals surface area contributed by atoms with Gasteiger partial charge in [0.25, 0.3) is 0 Å². The maximum absolute atomic E-state index is 5.71. The van der Waals surface area contributed by atoms with Crippen LogP contribution < -0.4 is 5.73 Å². The maximum atomic E-state index is 5.71. The third-order valence-corrected chi connectivity index (χ3v) is 3.56. The minimum atomic E-state index is 0.533. The molecule has 0 saturated heterocycles. The smallest absolute Gasteiger partial charge is 0.177 e. The van der Waals surface area contributed by atoms with Crippen LogP contribution in [0.3, 0.4) is 0 Å². The van der Waals surface area contributed by atoms with Crippen LogP contribution in [0.4, 0.5) is 0 Å². The fourth-order valence-corrected chi connectivity index (χ4v) is 2.53. The van der Waals surface area contributed by atoms with E-state index in [1.54, 1.807) is 6.26 Å². The Labute approximate surface area is 118 Å². The number of benzene rings is 1. The molecular formula is C16H19N3O. The Bertz CT molecular complexity index is 739. The lowest BCUT2D eigenvalue weighted by Gasteiger charge is -2.06. The summed E-state index contributed by atoms with van der Waals surface area (Å²) < 4.78 is 7.84. The van der Waals surface area contributed by atoms with E-state index in [2.05, 4.69) is 29.7 Å². The van der Waals surface area contributed by atoms with Gasteiger partial charge in [0, 0.05) is 13.1 Å². The van der Waals surface area contributed by atoms with Crippen LogP contribution in [0, 0.1) is 6.92 Å². The van der Waals surface area contributed by atoms with E-state index in [4.69, 9.17) is 15.1 Å². The van der Waals surface area contributed by atoms with Gasteiger partial charge in [-0.05, 0) is 42.7 Å². The summed E-state index contributed by atoms with van der Waals surface area (Å²) in [5.41, 5.74) is 10.0. The van der Waals surface area contributed by atoms with Crippen molar-refractivity contribution >= 4 is 11.0 Å². The molecule has 0 aliphatic rings. The van der Waals surface area contributed by atoms with Gasteiger partial charge in [-0.2, -0.15) is 0 Å².